The molecule has 0 aliphatic carbocycles. The molecule has 224 valence electrons. The lowest BCUT2D eigenvalue weighted by molar-refractivity contribution is -0.137. The number of carbonyl (C=O) groups is 2. The molecule has 0 amide bonds. The van der Waals surface area contributed by atoms with Crippen LogP contribution in [0.25, 0.3) is 0 Å². The molecule has 0 saturated heterocycles. The van der Waals surface area contributed by atoms with Crippen LogP contribution in [0.15, 0.2) is 103 Å². The fraction of sp³-hybridized carbons (Fsp3) is 0.278. The van der Waals surface area contributed by atoms with Crippen LogP contribution in [0.2, 0.25) is 5.02 Å². The fourth-order valence-electron chi connectivity index (χ4n) is 4.96. The van der Waals surface area contributed by atoms with Crippen molar-refractivity contribution >= 4 is 23.5 Å². The van der Waals surface area contributed by atoms with Crippen LogP contribution in [-0.4, -0.2) is 40.1 Å². The molecule has 0 aromatic heterocycles. The summed E-state index contributed by atoms with van der Waals surface area (Å²) in [6, 6.07) is 33.6. The molecule has 4 aromatic carbocycles. The van der Waals surface area contributed by atoms with Gasteiger partial charge in [0.1, 0.15) is 0 Å². The molecule has 4 rings (SSSR count). The van der Waals surface area contributed by atoms with Gasteiger partial charge in [-0.05, 0) is 84.3 Å². The molecule has 0 saturated carbocycles. The molecule has 1 atom stereocenters. The molecule has 0 aliphatic heterocycles. The van der Waals surface area contributed by atoms with E-state index < -0.39 is 11.9 Å². The number of aromatic carboxylic acids is 1. The first-order valence-electron chi connectivity index (χ1n) is 14.6. The Balaban J connectivity index is 1.44. The van der Waals surface area contributed by atoms with E-state index in [4.69, 9.17) is 21.4 Å². The molecule has 0 bridgehead atoms. The van der Waals surface area contributed by atoms with Crippen molar-refractivity contribution in [2.75, 3.05) is 13.1 Å². The predicted octanol–water partition coefficient (Wildman–Crippen LogP) is 7.84. The highest BCUT2D eigenvalue weighted by molar-refractivity contribution is 6.30. The highest BCUT2D eigenvalue weighted by Gasteiger charge is 2.18. The predicted molar refractivity (Wildman–Crippen MR) is 169 cm³/mol. The van der Waals surface area contributed by atoms with Gasteiger partial charge in [0, 0.05) is 24.5 Å². The lowest BCUT2D eigenvalue weighted by Gasteiger charge is -2.28. The summed E-state index contributed by atoms with van der Waals surface area (Å²) in [5.41, 5.74) is 5.91. The zero-order valence-corrected chi connectivity index (χ0v) is 25.0. The van der Waals surface area contributed by atoms with E-state index in [1.165, 1.54) is 11.1 Å². The van der Waals surface area contributed by atoms with Gasteiger partial charge >= 0.3 is 11.9 Å². The zero-order valence-electron chi connectivity index (χ0n) is 24.2. The van der Waals surface area contributed by atoms with Crippen molar-refractivity contribution in [3.05, 3.63) is 142 Å². The number of ether oxygens (including phenoxy) is 1. The van der Waals surface area contributed by atoms with E-state index in [9.17, 15) is 14.7 Å². The summed E-state index contributed by atoms with van der Waals surface area (Å²) < 4.78 is 6.53. The standard InChI is InChI=1S/C36H38ClNO5/c37-33-21-19-31(20-22-33)34(43-26-30-13-11-28(12-14-30)10-9-27-6-2-1-3-7-27)25-38(23-5-4-8-35(39)40)24-29-15-17-32(18-16-29)36(41)42/h1-3,6-7,11-22,34H,4-5,8-10,23-26H2,(H,39,40)(H,41,42). The Labute approximate surface area is 258 Å². The summed E-state index contributed by atoms with van der Waals surface area (Å²) in [6.45, 7) is 2.27. The minimum absolute atomic E-state index is 0.125. The summed E-state index contributed by atoms with van der Waals surface area (Å²) in [7, 11) is 0. The van der Waals surface area contributed by atoms with Gasteiger partial charge in [-0.2, -0.15) is 0 Å². The van der Waals surface area contributed by atoms with Crippen LogP contribution in [-0.2, 0) is 35.5 Å². The third-order valence-electron chi connectivity index (χ3n) is 7.41. The first-order valence-corrected chi connectivity index (χ1v) is 15.0. The van der Waals surface area contributed by atoms with Crippen LogP contribution < -0.4 is 0 Å². The van der Waals surface area contributed by atoms with Gasteiger partial charge in [-0.25, -0.2) is 4.79 Å². The third-order valence-corrected chi connectivity index (χ3v) is 7.66. The minimum atomic E-state index is -0.961. The van der Waals surface area contributed by atoms with Gasteiger partial charge in [0.25, 0.3) is 0 Å². The average molecular weight is 600 g/mol. The average Bonchev–Trinajstić information content (AvgIpc) is 3.02. The second-order valence-electron chi connectivity index (χ2n) is 10.7. The molecule has 1 unspecified atom stereocenters. The maximum atomic E-state index is 11.3. The summed E-state index contributed by atoms with van der Waals surface area (Å²) in [5, 5.41) is 19.0. The molecule has 4 aromatic rings. The zero-order chi connectivity index (χ0) is 30.4. The number of rotatable bonds is 17. The molecule has 6 nitrogen and oxygen atoms in total. The summed E-state index contributed by atoms with van der Waals surface area (Å²) >= 11 is 6.19. The Hall–Kier alpha value is -3.97. The van der Waals surface area contributed by atoms with Crippen LogP contribution in [0, 0.1) is 0 Å². The Morgan fingerprint density at radius 2 is 1.33 bits per heavy atom. The monoisotopic (exact) mass is 599 g/mol. The van der Waals surface area contributed by atoms with Crippen molar-refractivity contribution < 1.29 is 24.5 Å². The van der Waals surface area contributed by atoms with Crippen LogP contribution in [0.4, 0.5) is 0 Å². The van der Waals surface area contributed by atoms with Gasteiger partial charge in [-0.1, -0.05) is 90.5 Å². The number of nitrogens with zero attached hydrogens (tertiary/aromatic N) is 1. The largest absolute Gasteiger partial charge is 0.481 e. The maximum Gasteiger partial charge on any atom is 0.335 e. The minimum Gasteiger partial charge on any atom is -0.481 e. The molecule has 0 spiro atoms. The highest BCUT2D eigenvalue weighted by atomic mass is 35.5. The van der Waals surface area contributed by atoms with Gasteiger partial charge in [0.2, 0.25) is 0 Å². The molecule has 0 aliphatic rings. The van der Waals surface area contributed by atoms with Crippen molar-refractivity contribution in [3.63, 3.8) is 0 Å². The van der Waals surface area contributed by atoms with Crippen LogP contribution >= 0.6 is 11.6 Å². The smallest absolute Gasteiger partial charge is 0.335 e. The topological polar surface area (TPSA) is 87.1 Å². The number of aliphatic carboxylic acids is 1. The van der Waals surface area contributed by atoms with Gasteiger partial charge in [0.05, 0.1) is 18.3 Å². The number of halogens is 1. The highest BCUT2D eigenvalue weighted by Crippen LogP contribution is 2.24. The van der Waals surface area contributed by atoms with E-state index in [0.717, 1.165) is 36.0 Å². The van der Waals surface area contributed by atoms with Crippen LogP contribution in [0.5, 0.6) is 0 Å². The molecular formula is C36H38ClNO5. The Morgan fingerprint density at radius 1 is 0.721 bits per heavy atom. The first kappa shape index (κ1) is 32.0. The first-order chi connectivity index (χ1) is 20.9. The third kappa shape index (κ3) is 11.0. The van der Waals surface area contributed by atoms with Crippen molar-refractivity contribution in [1.82, 2.24) is 4.90 Å². The second kappa shape index (κ2) is 16.6. The SMILES string of the molecule is O=C(O)CCCCN(Cc1ccc(C(=O)O)cc1)CC(OCc1ccc(CCc2ccccc2)cc1)c1ccc(Cl)cc1. The molecule has 2 N–H and O–H groups in total. The van der Waals surface area contributed by atoms with E-state index in [1.807, 2.05) is 42.5 Å². The number of aryl methyl sites for hydroxylation is 2. The van der Waals surface area contributed by atoms with E-state index >= 15 is 0 Å². The number of hydrogen-bond donors (Lipinski definition) is 2. The van der Waals surface area contributed by atoms with Crippen LogP contribution in [0.1, 0.15) is 63.5 Å². The van der Waals surface area contributed by atoms with E-state index in [-0.39, 0.29) is 18.1 Å². The van der Waals surface area contributed by atoms with Gasteiger partial charge < -0.3 is 14.9 Å². The van der Waals surface area contributed by atoms with E-state index in [1.54, 1.807) is 12.1 Å². The molecule has 0 heterocycles. The summed E-state index contributed by atoms with van der Waals surface area (Å²) in [5.74, 6) is -1.76. The normalized spacial score (nSPS) is 11.9. The Kier molecular flexibility index (Phi) is 12.3. The summed E-state index contributed by atoms with van der Waals surface area (Å²) in [6.07, 6.45) is 3.14. The number of carboxylic acid groups (broad SMARTS) is 2. The molecule has 43 heavy (non-hydrogen) atoms. The Bertz CT molecular complexity index is 1420. The van der Waals surface area contributed by atoms with Crippen LogP contribution in [0.3, 0.4) is 0 Å². The van der Waals surface area contributed by atoms with Crippen molar-refractivity contribution in [2.24, 2.45) is 0 Å². The fourth-order valence-corrected chi connectivity index (χ4v) is 5.08. The van der Waals surface area contributed by atoms with E-state index in [2.05, 4.69) is 53.4 Å². The molecule has 0 fully saturated rings. The quantitative estimate of drug-likeness (QED) is 0.120. The molecule has 0 radical (unpaired) electrons. The Morgan fingerprint density at radius 3 is 1.95 bits per heavy atom. The number of benzene rings is 4. The number of unbranched alkanes of at least 4 members (excludes halogenated alkanes) is 1. The molecule has 7 heteroatoms. The summed E-state index contributed by atoms with van der Waals surface area (Å²) in [4.78, 5) is 24.6. The van der Waals surface area contributed by atoms with Gasteiger partial charge in [0.15, 0.2) is 0 Å². The van der Waals surface area contributed by atoms with Crippen molar-refractivity contribution in [2.45, 2.75) is 51.4 Å². The van der Waals surface area contributed by atoms with Gasteiger partial charge in [-0.3, -0.25) is 9.69 Å². The molecular weight excluding hydrogens is 562 g/mol. The van der Waals surface area contributed by atoms with E-state index in [0.29, 0.717) is 37.7 Å². The van der Waals surface area contributed by atoms with Gasteiger partial charge in [-0.15, -0.1) is 0 Å². The van der Waals surface area contributed by atoms with Crippen molar-refractivity contribution in [3.8, 4) is 0 Å². The maximum absolute atomic E-state index is 11.3. The number of hydrogen-bond acceptors (Lipinski definition) is 4. The lowest BCUT2D eigenvalue weighted by atomic mass is 10.0. The lowest BCUT2D eigenvalue weighted by Crippen LogP contribution is -2.30. The second-order valence-corrected chi connectivity index (χ2v) is 11.2. The van der Waals surface area contributed by atoms with Crippen molar-refractivity contribution in [1.29, 1.82) is 0 Å². The number of carboxylic acids is 2.